The molecule has 0 aliphatic carbocycles. The topological polar surface area (TPSA) is 69.6 Å². The van der Waals surface area contributed by atoms with E-state index in [-0.39, 0.29) is 18.4 Å². The fourth-order valence-corrected chi connectivity index (χ4v) is 2.88. The largest absolute Gasteiger partial charge is 0.481 e. The van der Waals surface area contributed by atoms with Gasteiger partial charge in [-0.2, -0.15) is 0 Å². The number of amides is 1. The molecule has 1 amide bonds. The number of hydrogen-bond acceptors (Lipinski definition) is 3. The number of aliphatic carboxylic acids is 1. The number of rotatable bonds is 4. The van der Waals surface area contributed by atoms with Crippen molar-refractivity contribution in [2.75, 3.05) is 19.6 Å². The number of carbonyl (C=O) groups is 2. The molecule has 0 saturated carbocycles. The zero-order valence-electron chi connectivity index (χ0n) is 10.7. The maximum Gasteiger partial charge on any atom is 0.303 e. The summed E-state index contributed by atoms with van der Waals surface area (Å²) in [7, 11) is 0. The second kappa shape index (κ2) is 6.18. The van der Waals surface area contributed by atoms with E-state index in [1.54, 1.807) is 0 Å². The highest BCUT2D eigenvalue weighted by Crippen LogP contribution is 2.22. The van der Waals surface area contributed by atoms with Crippen LogP contribution < -0.4 is 5.32 Å². The zero-order chi connectivity index (χ0) is 13.0. The minimum absolute atomic E-state index is 0.00280. The number of carboxylic acids is 1. The van der Waals surface area contributed by atoms with Crippen molar-refractivity contribution in [3.63, 3.8) is 0 Å². The SMILES string of the molecule is O=C(O)CCC1CCN(C(=O)[C@H]2CCCCN2)C1. The third kappa shape index (κ3) is 3.45. The van der Waals surface area contributed by atoms with Crippen LogP contribution in [0, 0.1) is 5.92 Å². The molecule has 0 spiro atoms. The normalized spacial score (nSPS) is 28.3. The van der Waals surface area contributed by atoms with Crippen molar-refractivity contribution in [3.8, 4) is 0 Å². The van der Waals surface area contributed by atoms with Gasteiger partial charge in [-0.25, -0.2) is 0 Å². The lowest BCUT2D eigenvalue weighted by atomic mass is 10.0. The first-order valence-electron chi connectivity index (χ1n) is 6.91. The molecule has 18 heavy (non-hydrogen) atoms. The molecule has 2 saturated heterocycles. The van der Waals surface area contributed by atoms with E-state index in [2.05, 4.69) is 5.32 Å². The van der Waals surface area contributed by atoms with Crippen LogP contribution in [0.3, 0.4) is 0 Å². The van der Waals surface area contributed by atoms with Gasteiger partial charge in [0.1, 0.15) is 0 Å². The predicted molar refractivity (Wildman–Crippen MR) is 67.2 cm³/mol. The molecule has 5 heteroatoms. The first-order valence-corrected chi connectivity index (χ1v) is 6.91. The molecule has 2 rings (SSSR count). The van der Waals surface area contributed by atoms with Crippen molar-refractivity contribution >= 4 is 11.9 Å². The Kier molecular flexibility index (Phi) is 4.58. The second-order valence-corrected chi connectivity index (χ2v) is 5.37. The molecular formula is C13H22N2O3. The van der Waals surface area contributed by atoms with Crippen LogP contribution >= 0.6 is 0 Å². The highest BCUT2D eigenvalue weighted by Gasteiger charge is 2.31. The minimum Gasteiger partial charge on any atom is -0.481 e. The van der Waals surface area contributed by atoms with Crippen LogP contribution in [0.5, 0.6) is 0 Å². The quantitative estimate of drug-likeness (QED) is 0.780. The van der Waals surface area contributed by atoms with E-state index < -0.39 is 5.97 Å². The Bertz CT molecular complexity index is 313. The minimum atomic E-state index is -0.742. The van der Waals surface area contributed by atoms with Crippen LogP contribution in [0.1, 0.15) is 38.5 Å². The van der Waals surface area contributed by atoms with Crippen molar-refractivity contribution in [1.82, 2.24) is 10.2 Å². The Morgan fingerprint density at radius 2 is 2.11 bits per heavy atom. The number of carbonyl (C=O) groups excluding carboxylic acids is 1. The van der Waals surface area contributed by atoms with Crippen LogP contribution in [0.15, 0.2) is 0 Å². The maximum absolute atomic E-state index is 12.2. The van der Waals surface area contributed by atoms with Gasteiger partial charge in [-0.05, 0) is 38.1 Å². The Hall–Kier alpha value is -1.10. The molecule has 0 bridgehead atoms. The van der Waals surface area contributed by atoms with E-state index in [0.717, 1.165) is 45.3 Å². The van der Waals surface area contributed by atoms with Gasteiger partial charge in [-0.3, -0.25) is 9.59 Å². The van der Waals surface area contributed by atoms with Crippen LogP contribution in [0.4, 0.5) is 0 Å². The Balaban J connectivity index is 1.77. The number of piperidine rings is 1. The fraction of sp³-hybridized carbons (Fsp3) is 0.846. The van der Waals surface area contributed by atoms with Gasteiger partial charge in [0.2, 0.25) is 5.91 Å². The molecule has 1 unspecified atom stereocenters. The number of hydrogen-bond donors (Lipinski definition) is 2. The van der Waals surface area contributed by atoms with E-state index in [0.29, 0.717) is 12.3 Å². The number of carboxylic acid groups (broad SMARTS) is 1. The number of nitrogens with zero attached hydrogens (tertiary/aromatic N) is 1. The van der Waals surface area contributed by atoms with E-state index in [9.17, 15) is 9.59 Å². The zero-order valence-corrected chi connectivity index (χ0v) is 10.7. The second-order valence-electron chi connectivity index (χ2n) is 5.37. The van der Waals surface area contributed by atoms with E-state index in [4.69, 9.17) is 5.11 Å². The van der Waals surface area contributed by atoms with E-state index in [1.807, 2.05) is 4.90 Å². The van der Waals surface area contributed by atoms with Crippen molar-refractivity contribution in [3.05, 3.63) is 0 Å². The number of nitrogens with one attached hydrogen (secondary N) is 1. The van der Waals surface area contributed by atoms with Crippen LogP contribution in [-0.4, -0.2) is 47.6 Å². The first kappa shape index (κ1) is 13.3. The Labute approximate surface area is 108 Å². The highest BCUT2D eigenvalue weighted by atomic mass is 16.4. The van der Waals surface area contributed by atoms with Gasteiger partial charge >= 0.3 is 5.97 Å². The Morgan fingerprint density at radius 3 is 2.78 bits per heavy atom. The van der Waals surface area contributed by atoms with Crippen molar-refractivity contribution in [1.29, 1.82) is 0 Å². The summed E-state index contributed by atoms with van der Waals surface area (Å²) in [6.45, 7) is 2.47. The van der Waals surface area contributed by atoms with Gasteiger partial charge in [-0.1, -0.05) is 6.42 Å². The molecule has 2 atom stereocenters. The molecule has 0 aromatic rings. The Morgan fingerprint density at radius 1 is 1.28 bits per heavy atom. The van der Waals surface area contributed by atoms with Crippen molar-refractivity contribution in [2.24, 2.45) is 5.92 Å². The summed E-state index contributed by atoms with van der Waals surface area (Å²) in [5.74, 6) is -0.158. The molecule has 2 heterocycles. The lowest BCUT2D eigenvalue weighted by molar-refractivity contribution is -0.137. The van der Waals surface area contributed by atoms with Gasteiger partial charge in [0.15, 0.2) is 0 Å². The maximum atomic E-state index is 12.2. The summed E-state index contributed by atoms with van der Waals surface area (Å²) < 4.78 is 0. The first-order chi connectivity index (χ1) is 8.66. The average Bonchev–Trinajstić information content (AvgIpc) is 2.85. The molecule has 2 fully saturated rings. The van der Waals surface area contributed by atoms with Gasteiger partial charge in [0.05, 0.1) is 6.04 Å². The van der Waals surface area contributed by atoms with Crippen LogP contribution in [-0.2, 0) is 9.59 Å². The molecule has 0 radical (unpaired) electrons. The molecule has 0 aromatic carbocycles. The fourth-order valence-electron chi connectivity index (χ4n) is 2.88. The summed E-state index contributed by atoms with van der Waals surface area (Å²) in [4.78, 5) is 24.7. The number of likely N-dealkylation sites (tertiary alicyclic amines) is 1. The standard InChI is InChI=1S/C13H22N2O3/c16-12(17)5-4-10-6-8-15(9-10)13(18)11-3-1-2-7-14-11/h10-11,14H,1-9H2,(H,16,17)/t10?,11-/m1/s1. The highest BCUT2D eigenvalue weighted by molar-refractivity contribution is 5.82. The molecular weight excluding hydrogens is 232 g/mol. The summed E-state index contributed by atoms with van der Waals surface area (Å²) >= 11 is 0. The smallest absolute Gasteiger partial charge is 0.303 e. The van der Waals surface area contributed by atoms with E-state index >= 15 is 0 Å². The third-order valence-electron chi connectivity index (χ3n) is 3.97. The predicted octanol–water partition coefficient (Wildman–Crippen LogP) is 0.842. The van der Waals surface area contributed by atoms with Crippen molar-refractivity contribution in [2.45, 2.75) is 44.6 Å². The van der Waals surface area contributed by atoms with Gasteiger partial charge in [-0.15, -0.1) is 0 Å². The lowest BCUT2D eigenvalue weighted by Gasteiger charge is -2.27. The molecule has 2 aliphatic rings. The van der Waals surface area contributed by atoms with E-state index in [1.165, 1.54) is 0 Å². The monoisotopic (exact) mass is 254 g/mol. The third-order valence-corrected chi connectivity index (χ3v) is 3.97. The molecule has 5 nitrogen and oxygen atoms in total. The molecule has 0 aromatic heterocycles. The summed E-state index contributed by atoms with van der Waals surface area (Å²) in [5, 5.41) is 11.9. The summed E-state index contributed by atoms with van der Waals surface area (Å²) in [6, 6.07) is -0.00280. The van der Waals surface area contributed by atoms with Gasteiger partial charge < -0.3 is 15.3 Å². The average molecular weight is 254 g/mol. The molecule has 2 aliphatic heterocycles. The summed E-state index contributed by atoms with van der Waals surface area (Å²) in [6.07, 6.45) is 5.08. The molecule has 102 valence electrons. The van der Waals surface area contributed by atoms with Gasteiger partial charge in [0, 0.05) is 19.5 Å². The van der Waals surface area contributed by atoms with Crippen LogP contribution in [0.2, 0.25) is 0 Å². The molecule has 2 N–H and O–H groups in total. The van der Waals surface area contributed by atoms with Crippen molar-refractivity contribution < 1.29 is 14.7 Å². The van der Waals surface area contributed by atoms with Gasteiger partial charge in [0.25, 0.3) is 0 Å². The lowest BCUT2D eigenvalue weighted by Crippen LogP contribution is -2.47. The van der Waals surface area contributed by atoms with Crippen LogP contribution in [0.25, 0.3) is 0 Å². The summed E-state index contributed by atoms with van der Waals surface area (Å²) in [5.41, 5.74) is 0.